The topological polar surface area (TPSA) is 143 Å². The van der Waals surface area contributed by atoms with E-state index in [1.807, 2.05) is 6.92 Å². The van der Waals surface area contributed by atoms with Crippen LogP contribution in [0.3, 0.4) is 0 Å². The van der Waals surface area contributed by atoms with E-state index in [1.54, 1.807) is 0 Å². The van der Waals surface area contributed by atoms with E-state index in [0.29, 0.717) is 13.1 Å². The average molecular weight is 707 g/mol. The van der Waals surface area contributed by atoms with Crippen LogP contribution in [-0.2, 0) is 9.68 Å². The van der Waals surface area contributed by atoms with Crippen molar-refractivity contribution in [2.45, 2.75) is 53.9 Å². The Morgan fingerprint density at radius 1 is 0.935 bits per heavy atom. The molecule has 0 aliphatic carbocycles. The molecule has 31 heavy (non-hydrogen) atoms. The van der Waals surface area contributed by atoms with Crippen LogP contribution < -0.4 is 206 Å². The first kappa shape index (κ1) is 60.7. The van der Waals surface area contributed by atoms with E-state index in [-0.39, 0.29) is 186 Å². The van der Waals surface area contributed by atoms with Gasteiger partial charge in [-0.3, -0.25) is 4.79 Å². The SMILES string of the molecule is CCBr.CCCCN(CC)CC.CCCN.NCCNCCN.O=CO[O-].[H-].[I-].[K+].[K+].[K+]. The van der Waals surface area contributed by atoms with Crippen molar-refractivity contribution in [1.29, 1.82) is 0 Å². The summed E-state index contributed by atoms with van der Waals surface area (Å²) >= 11 is 3.15. The molecule has 0 amide bonds. The summed E-state index contributed by atoms with van der Waals surface area (Å²) < 4.78 is 0. The molecule has 0 aromatic rings. The Bertz CT molecular complexity index is 225. The molecule has 0 rings (SSSR count). The zero-order valence-electron chi connectivity index (χ0n) is 22.7. The van der Waals surface area contributed by atoms with Crippen LogP contribution in [0.2, 0.25) is 0 Å². The van der Waals surface area contributed by atoms with Gasteiger partial charge in [-0.05, 0) is 39.0 Å². The molecule has 180 valence electrons. The van der Waals surface area contributed by atoms with Gasteiger partial charge in [0.1, 0.15) is 0 Å². The second-order valence-electron chi connectivity index (χ2n) is 4.96. The molecule has 0 spiro atoms. The Hall–Kier alpha value is 5.35. The third kappa shape index (κ3) is 105. The zero-order valence-corrected chi connectivity index (χ0v) is 34.8. The van der Waals surface area contributed by atoms with Gasteiger partial charge in [0.05, 0.1) is 0 Å². The Morgan fingerprint density at radius 3 is 1.42 bits per heavy atom. The fourth-order valence-corrected chi connectivity index (χ4v) is 1.25. The number of hydrogen-bond acceptors (Lipinski definition) is 8. The summed E-state index contributed by atoms with van der Waals surface area (Å²) in [6, 6.07) is 0. The van der Waals surface area contributed by atoms with Crippen molar-refractivity contribution >= 4 is 22.4 Å². The van der Waals surface area contributed by atoms with Gasteiger partial charge in [-0.2, -0.15) is 0 Å². The van der Waals surface area contributed by atoms with Gasteiger partial charge in [-0.25, -0.2) is 0 Å². The van der Waals surface area contributed by atoms with Crippen LogP contribution in [-0.4, -0.2) is 69.1 Å². The van der Waals surface area contributed by atoms with E-state index in [9.17, 15) is 0 Å². The summed E-state index contributed by atoms with van der Waals surface area (Å²) in [4.78, 5) is 13.7. The molecule has 7 N–H and O–H groups in total. The minimum atomic E-state index is -0.181. The van der Waals surface area contributed by atoms with Gasteiger partial charge in [0, 0.05) is 31.5 Å². The molecule has 0 aliphatic heterocycles. The molecule has 0 saturated carbocycles. The number of hydrogen-bond donors (Lipinski definition) is 4. The Morgan fingerprint density at radius 2 is 1.26 bits per heavy atom. The minimum Gasteiger partial charge on any atom is -1.00 e. The predicted octanol–water partition coefficient (Wildman–Crippen LogP) is -11.1. The van der Waals surface area contributed by atoms with Gasteiger partial charge in [0.25, 0.3) is 6.47 Å². The number of unbranched alkanes of at least 4 members (excludes halogenated alkanes) is 1. The summed E-state index contributed by atoms with van der Waals surface area (Å²) in [6.45, 7) is 18.2. The summed E-state index contributed by atoms with van der Waals surface area (Å²) in [5.41, 5.74) is 15.4. The van der Waals surface area contributed by atoms with Crippen molar-refractivity contribution < 1.29 is 194 Å². The monoisotopic (exact) mass is 705 g/mol. The molecule has 0 aromatic heterocycles. The number of rotatable bonds is 11. The molecule has 0 aromatic carbocycles. The molecule has 0 fully saturated rings. The standard InChI is InChI=1S/C8H19N.C4H13N3.C3H9N.C2H5Br.CH2O3.HI.3K.H/c1-4-7-8-9(5-2)6-3;5-1-3-7-4-2-6;1-2-3-4;1-2-3;2-1-4-3;;;;;/h4-8H2,1-3H3;7H,1-6H2;2-4H2,1H3;2H2,1H3;1,3H;1H;;;;/q;;;;;;3*+1;-1/p-2. The van der Waals surface area contributed by atoms with Crippen LogP contribution in [0.5, 0.6) is 0 Å². The maximum atomic E-state index is 8.64. The number of halogens is 2. The number of nitrogens with one attached hydrogen (secondary N) is 1. The molecule has 0 aliphatic rings. The second-order valence-corrected chi connectivity index (χ2v) is 6.08. The van der Waals surface area contributed by atoms with Gasteiger partial charge < -0.3 is 63.0 Å². The van der Waals surface area contributed by atoms with Crippen LogP contribution in [0.15, 0.2) is 0 Å². The molecule has 0 bridgehead atoms. The molecule has 0 unspecified atom stereocenters. The van der Waals surface area contributed by atoms with E-state index in [0.717, 1.165) is 31.4 Å². The normalized spacial score (nSPS) is 7.45. The van der Waals surface area contributed by atoms with E-state index in [1.165, 1.54) is 32.5 Å². The van der Waals surface area contributed by atoms with E-state index in [4.69, 9.17) is 27.3 Å². The third-order valence-corrected chi connectivity index (χ3v) is 2.69. The Labute approximate surface area is 348 Å². The number of carbonyl (C=O) groups is 1. The average Bonchev–Trinajstić information content (AvgIpc) is 2.71. The van der Waals surface area contributed by atoms with Crippen molar-refractivity contribution in [1.82, 2.24) is 10.2 Å². The Balaban J connectivity index is -0.0000000240. The molecule has 0 radical (unpaired) electrons. The summed E-state index contributed by atoms with van der Waals surface area (Å²) in [5, 5.41) is 12.5. The maximum absolute atomic E-state index is 8.64. The van der Waals surface area contributed by atoms with Crippen molar-refractivity contribution in [3.05, 3.63) is 0 Å². The number of alkyl halides is 1. The van der Waals surface area contributed by atoms with Crippen molar-refractivity contribution in [2.75, 3.05) is 57.7 Å². The van der Waals surface area contributed by atoms with Crippen LogP contribution in [0.1, 0.15) is 55.3 Å². The fourth-order valence-electron chi connectivity index (χ4n) is 1.25. The van der Waals surface area contributed by atoms with Crippen LogP contribution in [0, 0.1) is 0 Å². The van der Waals surface area contributed by atoms with Crippen LogP contribution in [0.4, 0.5) is 0 Å². The smallest absolute Gasteiger partial charge is 1.00 e. The first-order chi connectivity index (χ1) is 13.0. The molecule has 8 nitrogen and oxygen atoms in total. The number of nitrogens with zero attached hydrogens (tertiary/aromatic N) is 1. The quantitative estimate of drug-likeness (QED) is 0.0316. The van der Waals surface area contributed by atoms with Gasteiger partial charge in [-0.1, -0.05) is 57.0 Å². The van der Waals surface area contributed by atoms with Gasteiger partial charge >= 0.3 is 154 Å². The Kier molecular flexibility index (Phi) is 150. The van der Waals surface area contributed by atoms with E-state index in [2.05, 4.69) is 58.7 Å². The molecular weight excluding hydrogens is 658 g/mol. The van der Waals surface area contributed by atoms with Crippen molar-refractivity contribution in [3.63, 3.8) is 0 Å². The molecule has 13 heteroatoms. The molecule has 0 saturated heterocycles. The van der Waals surface area contributed by atoms with Crippen molar-refractivity contribution in [3.8, 4) is 0 Å². The van der Waals surface area contributed by atoms with E-state index < -0.39 is 0 Å². The molecular formula is C18H48BrIK3N5O3. The first-order valence-electron chi connectivity index (χ1n) is 9.82. The summed E-state index contributed by atoms with van der Waals surface area (Å²) in [6.07, 6.45) is 3.76. The predicted molar refractivity (Wildman–Crippen MR) is 121 cm³/mol. The van der Waals surface area contributed by atoms with Crippen LogP contribution >= 0.6 is 15.9 Å². The fraction of sp³-hybridized carbons (Fsp3) is 0.944. The van der Waals surface area contributed by atoms with Gasteiger partial charge in [0.2, 0.25) is 0 Å². The summed E-state index contributed by atoms with van der Waals surface area (Å²) in [7, 11) is 0. The first-order valence-corrected chi connectivity index (χ1v) is 10.9. The van der Waals surface area contributed by atoms with E-state index >= 15 is 0 Å². The zero-order chi connectivity index (χ0) is 22.2. The van der Waals surface area contributed by atoms with Crippen LogP contribution in [0.25, 0.3) is 0 Å². The van der Waals surface area contributed by atoms with Crippen molar-refractivity contribution in [2.24, 2.45) is 17.2 Å². The van der Waals surface area contributed by atoms with Gasteiger partial charge in [0.15, 0.2) is 0 Å². The molecule has 0 atom stereocenters. The largest absolute Gasteiger partial charge is 1.00 e. The number of nitrogens with two attached hydrogens (primary N) is 3. The number of carbonyl (C=O) groups excluding carboxylic acids is 1. The maximum Gasteiger partial charge on any atom is 1.00 e. The summed E-state index contributed by atoms with van der Waals surface area (Å²) in [5.74, 6) is 0. The molecule has 0 heterocycles. The second kappa shape index (κ2) is 76.5. The minimum absolute atomic E-state index is 0. The third-order valence-electron chi connectivity index (χ3n) is 2.69. The van der Waals surface area contributed by atoms with Gasteiger partial charge in [-0.15, -0.1) is 0 Å².